The molecular formula is C12H12N4O2. The first kappa shape index (κ1) is 10.6. The SMILES string of the molecule is Nc1cc(-c2ccc3c(c2)NC(=O)CCO3)[nH]n1. The number of hydrogen-bond donors (Lipinski definition) is 3. The van der Waals surface area contributed by atoms with Crippen LogP contribution >= 0.6 is 0 Å². The van der Waals surface area contributed by atoms with Crippen molar-refractivity contribution in [3.63, 3.8) is 0 Å². The van der Waals surface area contributed by atoms with Gasteiger partial charge in [-0.3, -0.25) is 9.89 Å². The van der Waals surface area contributed by atoms with Crippen LogP contribution in [0.15, 0.2) is 24.3 Å². The van der Waals surface area contributed by atoms with E-state index in [9.17, 15) is 4.79 Å². The summed E-state index contributed by atoms with van der Waals surface area (Å²) in [4.78, 5) is 11.5. The van der Waals surface area contributed by atoms with Crippen molar-refractivity contribution in [1.82, 2.24) is 10.2 Å². The molecule has 0 radical (unpaired) electrons. The summed E-state index contributed by atoms with van der Waals surface area (Å²) < 4.78 is 5.48. The van der Waals surface area contributed by atoms with Gasteiger partial charge in [0.1, 0.15) is 11.6 Å². The minimum absolute atomic E-state index is 0.0463. The number of nitrogens with one attached hydrogen (secondary N) is 2. The Hall–Kier alpha value is -2.50. The third-order valence-corrected chi connectivity index (χ3v) is 2.75. The number of amides is 1. The van der Waals surface area contributed by atoms with Crippen LogP contribution in [0.2, 0.25) is 0 Å². The quantitative estimate of drug-likeness (QED) is 0.706. The topological polar surface area (TPSA) is 93.0 Å². The Labute approximate surface area is 103 Å². The molecule has 2 heterocycles. The highest BCUT2D eigenvalue weighted by Gasteiger charge is 2.14. The zero-order valence-corrected chi connectivity index (χ0v) is 9.56. The number of rotatable bonds is 1. The molecule has 0 saturated heterocycles. The van der Waals surface area contributed by atoms with Crippen LogP contribution in [0.4, 0.5) is 11.5 Å². The average Bonchev–Trinajstić information content (AvgIpc) is 2.69. The number of anilines is 2. The third-order valence-electron chi connectivity index (χ3n) is 2.75. The summed E-state index contributed by atoms with van der Waals surface area (Å²) >= 11 is 0. The zero-order valence-electron chi connectivity index (χ0n) is 9.56. The lowest BCUT2D eigenvalue weighted by Crippen LogP contribution is -2.10. The van der Waals surface area contributed by atoms with Crippen LogP contribution < -0.4 is 15.8 Å². The van der Waals surface area contributed by atoms with E-state index in [0.717, 1.165) is 11.3 Å². The fourth-order valence-electron chi connectivity index (χ4n) is 1.87. The number of ether oxygens (including phenoxy) is 1. The molecule has 1 amide bonds. The molecule has 1 aliphatic heterocycles. The Morgan fingerprint density at radius 2 is 2.22 bits per heavy atom. The summed E-state index contributed by atoms with van der Waals surface area (Å²) in [5.74, 6) is 1.06. The van der Waals surface area contributed by atoms with E-state index < -0.39 is 0 Å². The first-order chi connectivity index (χ1) is 8.72. The van der Waals surface area contributed by atoms with Gasteiger partial charge in [-0.1, -0.05) is 0 Å². The van der Waals surface area contributed by atoms with Crippen LogP contribution in [-0.4, -0.2) is 22.7 Å². The first-order valence-corrected chi connectivity index (χ1v) is 5.60. The van der Waals surface area contributed by atoms with E-state index in [1.165, 1.54) is 0 Å². The van der Waals surface area contributed by atoms with Gasteiger partial charge >= 0.3 is 0 Å². The van der Waals surface area contributed by atoms with Gasteiger partial charge < -0.3 is 15.8 Å². The van der Waals surface area contributed by atoms with Crippen LogP contribution in [-0.2, 0) is 4.79 Å². The van der Waals surface area contributed by atoms with Crippen molar-refractivity contribution in [2.75, 3.05) is 17.7 Å². The van der Waals surface area contributed by atoms with Crippen LogP contribution in [0, 0.1) is 0 Å². The molecule has 1 aromatic carbocycles. The zero-order chi connectivity index (χ0) is 12.5. The maximum absolute atomic E-state index is 11.5. The van der Waals surface area contributed by atoms with E-state index in [-0.39, 0.29) is 5.91 Å². The van der Waals surface area contributed by atoms with Gasteiger partial charge in [0.2, 0.25) is 5.91 Å². The number of hydrogen-bond acceptors (Lipinski definition) is 4. The number of benzene rings is 1. The molecule has 18 heavy (non-hydrogen) atoms. The number of fused-ring (bicyclic) bond motifs is 1. The second kappa shape index (κ2) is 4.06. The third kappa shape index (κ3) is 1.88. The van der Waals surface area contributed by atoms with Gasteiger partial charge in [0.25, 0.3) is 0 Å². The molecule has 1 aromatic heterocycles. The molecule has 3 rings (SSSR count). The molecule has 6 nitrogen and oxygen atoms in total. The first-order valence-electron chi connectivity index (χ1n) is 5.60. The molecule has 0 saturated carbocycles. The van der Waals surface area contributed by atoms with Crippen molar-refractivity contribution in [1.29, 1.82) is 0 Å². The van der Waals surface area contributed by atoms with E-state index >= 15 is 0 Å². The standard InChI is InChI=1S/C12H12N4O2/c13-11-6-8(15-16-11)7-1-2-10-9(5-7)14-12(17)3-4-18-10/h1-2,5-6H,3-4H2,(H,14,17)(H3,13,15,16). The number of nitrogen functional groups attached to an aromatic ring is 1. The lowest BCUT2D eigenvalue weighted by Gasteiger charge is -2.08. The highest BCUT2D eigenvalue weighted by atomic mass is 16.5. The van der Waals surface area contributed by atoms with E-state index in [4.69, 9.17) is 10.5 Å². The van der Waals surface area contributed by atoms with Crippen LogP contribution in [0.3, 0.4) is 0 Å². The summed E-state index contributed by atoms with van der Waals surface area (Å²) in [6, 6.07) is 7.29. The van der Waals surface area contributed by atoms with Crippen molar-refractivity contribution >= 4 is 17.4 Å². The summed E-state index contributed by atoms with van der Waals surface area (Å²) in [6.45, 7) is 0.398. The summed E-state index contributed by atoms with van der Waals surface area (Å²) in [5, 5.41) is 9.51. The summed E-state index contributed by atoms with van der Waals surface area (Å²) in [6.07, 6.45) is 0.362. The molecular weight excluding hydrogens is 232 g/mol. The molecule has 1 aliphatic rings. The second-order valence-electron chi connectivity index (χ2n) is 4.06. The number of carbonyl (C=O) groups excluding carboxylic acids is 1. The Kier molecular flexibility index (Phi) is 2.40. The molecule has 6 heteroatoms. The normalized spacial score (nSPS) is 14.3. The molecule has 92 valence electrons. The summed E-state index contributed by atoms with van der Waals surface area (Å²) in [7, 11) is 0. The van der Waals surface area contributed by atoms with E-state index in [1.54, 1.807) is 6.07 Å². The molecule has 2 aromatic rings. The number of nitrogens with two attached hydrogens (primary N) is 1. The van der Waals surface area contributed by atoms with Crippen molar-refractivity contribution in [2.45, 2.75) is 6.42 Å². The van der Waals surface area contributed by atoms with Crippen LogP contribution in [0.5, 0.6) is 5.75 Å². The monoisotopic (exact) mass is 244 g/mol. The Balaban J connectivity index is 2.02. The van der Waals surface area contributed by atoms with Gasteiger partial charge in [0.05, 0.1) is 24.4 Å². The number of carbonyl (C=O) groups is 1. The van der Waals surface area contributed by atoms with Gasteiger partial charge in [-0.25, -0.2) is 0 Å². The molecule has 4 N–H and O–H groups in total. The number of nitrogens with zero attached hydrogens (tertiary/aromatic N) is 1. The predicted molar refractivity (Wildman–Crippen MR) is 67.2 cm³/mol. The van der Waals surface area contributed by atoms with Crippen LogP contribution in [0.1, 0.15) is 6.42 Å². The van der Waals surface area contributed by atoms with Gasteiger partial charge in [-0.2, -0.15) is 5.10 Å². The molecule has 0 spiro atoms. The molecule has 0 aliphatic carbocycles. The highest BCUT2D eigenvalue weighted by molar-refractivity contribution is 5.94. The van der Waals surface area contributed by atoms with Gasteiger partial charge in [0, 0.05) is 11.6 Å². The van der Waals surface area contributed by atoms with E-state index in [2.05, 4.69) is 15.5 Å². The second-order valence-corrected chi connectivity index (χ2v) is 4.06. The lowest BCUT2D eigenvalue weighted by molar-refractivity contribution is -0.116. The minimum atomic E-state index is -0.0463. The molecule has 0 atom stereocenters. The van der Waals surface area contributed by atoms with Crippen molar-refractivity contribution in [3.8, 4) is 17.0 Å². The van der Waals surface area contributed by atoms with Gasteiger partial charge in [0.15, 0.2) is 0 Å². The number of H-pyrrole nitrogens is 1. The summed E-state index contributed by atoms with van der Waals surface area (Å²) in [5.41, 5.74) is 7.93. The minimum Gasteiger partial charge on any atom is -0.491 e. The van der Waals surface area contributed by atoms with Crippen molar-refractivity contribution in [3.05, 3.63) is 24.3 Å². The Bertz CT molecular complexity index is 606. The van der Waals surface area contributed by atoms with Gasteiger partial charge in [-0.15, -0.1) is 0 Å². The Morgan fingerprint density at radius 1 is 1.33 bits per heavy atom. The van der Waals surface area contributed by atoms with Crippen molar-refractivity contribution < 1.29 is 9.53 Å². The van der Waals surface area contributed by atoms with E-state index in [0.29, 0.717) is 30.3 Å². The number of aromatic amines is 1. The smallest absolute Gasteiger partial charge is 0.227 e. The van der Waals surface area contributed by atoms with Crippen LogP contribution in [0.25, 0.3) is 11.3 Å². The molecule has 0 fully saturated rings. The largest absolute Gasteiger partial charge is 0.491 e. The Morgan fingerprint density at radius 3 is 3.00 bits per heavy atom. The maximum atomic E-state index is 11.5. The fraction of sp³-hybridized carbons (Fsp3) is 0.167. The molecule has 0 unspecified atom stereocenters. The fourth-order valence-corrected chi connectivity index (χ4v) is 1.87. The highest BCUT2D eigenvalue weighted by Crippen LogP contribution is 2.31. The van der Waals surface area contributed by atoms with E-state index in [1.807, 2.05) is 18.2 Å². The molecule has 0 bridgehead atoms. The van der Waals surface area contributed by atoms with Gasteiger partial charge in [-0.05, 0) is 18.2 Å². The predicted octanol–water partition coefficient (Wildman–Crippen LogP) is 1.38. The number of aromatic nitrogens is 2. The maximum Gasteiger partial charge on any atom is 0.227 e. The van der Waals surface area contributed by atoms with Crippen molar-refractivity contribution in [2.24, 2.45) is 0 Å². The lowest BCUT2D eigenvalue weighted by atomic mass is 10.1. The average molecular weight is 244 g/mol.